The zero-order valence-electron chi connectivity index (χ0n) is 15.9. The summed E-state index contributed by atoms with van der Waals surface area (Å²) >= 11 is 5.97. The number of carbonyl (C=O) groups excluding carboxylic acids is 2. The molecule has 150 valence electrons. The Labute approximate surface area is 177 Å². The van der Waals surface area contributed by atoms with Gasteiger partial charge in [0.2, 0.25) is 5.78 Å². The van der Waals surface area contributed by atoms with Gasteiger partial charge in [-0.15, -0.1) is 0 Å². The monoisotopic (exact) mass is 419 g/mol. The molecular formula is C23H18ClN3O3. The second-order valence-corrected chi connectivity index (χ2v) is 7.99. The minimum Gasteiger partial charge on any atom is -0.485 e. The highest BCUT2D eigenvalue weighted by Gasteiger charge is 2.24. The summed E-state index contributed by atoms with van der Waals surface area (Å²) in [5, 5.41) is 1.97. The number of rotatable bonds is 6. The van der Waals surface area contributed by atoms with E-state index in [2.05, 4.69) is 22.1 Å². The van der Waals surface area contributed by atoms with E-state index in [-0.39, 0.29) is 23.7 Å². The number of Topliss-reactive ketones (excluding diaryl/α,β-unsaturated/α-hetero) is 1. The number of aromatic nitrogens is 2. The van der Waals surface area contributed by atoms with E-state index >= 15 is 0 Å². The molecule has 1 aliphatic rings. The molecule has 1 saturated carbocycles. The van der Waals surface area contributed by atoms with Gasteiger partial charge < -0.3 is 15.5 Å². The highest BCUT2D eigenvalue weighted by atomic mass is 35.5. The molecule has 4 aromatic rings. The van der Waals surface area contributed by atoms with Gasteiger partial charge in [-0.2, -0.15) is 0 Å². The maximum absolute atomic E-state index is 12.8. The predicted molar refractivity (Wildman–Crippen MR) is 115 cm³/mol. The molecule has 2 aromatic carbocycles. The Hall–Kier alpha value is -3.38. The zero-order chi connectivity index (χ0) is 20.8. The molecule has 3 N–H and O–H groups in total. The summed E-state index contributed by atoms with van der Waals surface area (Å²) in [6.07, 6.45) is 5.65. The van der Waals surface area contributed by atoms with Crippen LogP contribution >= 0.6 is 11.6 Å². The molecule has 2 heterocycles. The second-order valence-electron chi connectivity index (χ2n) is 7.55. The molecule has 0 atom stereocenters. The Balaban J connectivity index is 1.41. The summed E-state index contributed by atoms with van der Waals surface area (Å²) in [6, 6.07) is 11.0. The number of fused-ring (bicyclic) bond motifs is 2. The van der Waals surface area contributed by atoms with E-state index in [4.69, 9.17) is 22.1 Å². The van der Waals surface area contributed by atoms with Gasteiger partial charge in [0, 0.05) is 40.3 Å². The number of hydrogen-bond donors (Lipinski definition) is 2. The first-order valence-electron chi connectivity index (χ1n) is 9.66. The lowest BCUT2D eigenvalue weighted by atomic mass is 10.1. The van der Waals surface area contributed by atoms with Crippen molar-refractivity contribution in [1.82, 2.24) is 9.97 Å². The molecule has 2 aromatic heterocycles. The smallest absolute Gasteiger partial charge is 0.252 e. The quantitative estimate of drug-likeness (QED) is 0.446. The van der Waals surface area contributed by atoms with Crippen molar-refractivity contribution in [2.24, 2.45) is 5.73 Å². The van der Waals surface area contributed by atoms with E-state index < -0.39 is 5.91 Å². The summed E-state index contributed by atoms with van der Waals surface area (Å²) < 4.78 is 5.71. The summed E-state index contributed by atoms with van der Waals surface area (Å²) in [4.78, 5) is 32.1. The first-order valence-corrected chi connectivity index (χ1v) is 10.0. The van der Waals surface area contributed by atoms with Crippen LogP contribution in [0.3, 0.4) is 0 Å². The van der Waals surface area contributed by atoms with Gasteiger partial charge in [-0.3, -0.25) is 14.6 Å². The lowest BCUT2D eigenvalue weighted by Crippen LogP contribution is -2.16. The molecule has 0 spiro atoms. The summed E-state index contributed by atoms with van der Waals surface area (Å²) in [7, 11) is 0. The Morgan fingerprint density at radius 2 is 2.00 bits per heavy atom. The molecule has 1 fully saturated rings. The van der Waals surface area contributed by atoms with Crippen LogP contribution in [0.5, 0.6) is 5.75 Å². The van der Waals surface area contributed by atoms with Crippen LogP contribution in [0, 0.1) is 0 Å². The number of hydrogen-bond acceptors (Lipinski definition) is 4. The third-order valence-corrected chi connectivity index (χ3v) is 5.64. The number of amides is 1. The lowest BCUT2D eigenvalue weighted by molar-refractivity contribution is 0.0914. The van der Waals surface area contributed by atoms with Crippen molar-refractivity contribution < 1.29 is 14.3 Å². The number of ether oxygens (including phenoxy) is 1. The first kappa shape index (κ1) is 18.6. The number of nitrogens with two attached hydrogens (primary N) is 1. The van der Waals surface area contributed by atoms with Crippen molar-refractivity contribution in [2.75, 3.05) is 6.61 Å². The second kappa shape index (κ2) is 7.15. The number of ketones is 1. The zero-order valence-corrected chi connectivity index (χ0v) is 16.7. The molecule has 1 amide bonds. The molecule has 0 unspecified atom stereocenters. The Morgan fingerprint density at radius 1 is 1.17 bits per heavy atom. The van der Waals surface area contributed by atoms with Gasteiger partial charge in [-0.05, 0) is 42.5 Å². The van der Waals surface area contributed by atoms with Gasteiger partial charge in [0.25, 0.3) is 5.91 Å². The number of benzene rings is 2. The number of carbonyl (C=O) groups is 2. The van der Waals surface area contributed by atoms with Gasteiger partial charge in [0.15, 0.2) is 6.61 Å². The highest BCUT2D eigenvalue weighted by Crippen LogP contribution is 2.41. The maximum Gasteiger partial charge on any atom is 0.252 e. The first-order chi connectivity index (χ1) is 14.5. The van der Waals surface area contributed by atoms with E-state index in [1.165, 1.54) is 24.6 Å². The minimum absolute atomic E-state index is 0.173. The predicted octanol–water partition coefficient (Wildman–Crippen LogP) is 4.61. The fourth-order valence-corrected chi connectivity index (χ4v) is 3.87. The van der Waals surface area contributed by atoms with E-state index in [1.54, 1.807) is 24.4 Å². The topological polar surface area (TPSA) is 98.1 Å². The lowest BCUT2D eigenvalue weighted by Gasteiger charge is -2.10. The third-order valence-electron chi connectivity index (χ3n) is 5.43. The van der Waals surface area contributed by atoms with E-state index in [1.807, 2.05) is 6.07 Å². The average Bonchev–Trinajstić information content (AvgIpc) is 3.50. The Kier molecular flexibility index (Phi) is 4.44. The fraction of sp³-hybridized carbons (Fsp3) is 0.174. The van der Waals surface area contributed by atoms with Crippen LogP contribution in [0.25, 0.3) is 21.8 Å². The minimum atomic E-state index is -0.654. The van der Waals surface area contributed by atoms with Crippen molar-refractivity contribution in [3.05, 3.63) is 70.5 Å². The van der Waals surface area contributed by atoms with Crippen LogP contribution in [-0.4, -0.2) is 28.3 Å². The van der Waals surface area contributed by atoms with Crippen LogP contribution in [0.4, 0.5) is 0 Å². The van der Waals surface area contributed by atoms with Crippen LogP contribution in [-0.2, 0) is 0 Å². The third kappa shape index (κ3) is 3.39. The highest BCUT2D eigenvalue weighted by molar-refractivity contribution is 6.31. The maximum atomic E-state index is 12.8. The Morgan fingerprint density at radius 3 is 2.77 bits per heavy atom. The van der Waals surface area contributed by atoms with Gasteiger partial charge in [-0.25, -0.2) is 0 Å². The number of H-pyrrole nitrogens is 1. The number of halogens is 1. The van der Waals surface area contributed by atoms with Crippen LogP contribution < -0.4 is 10.5 Å². The van der Waals surface area contributed by atoms with E-state index in [9.17, 15) is 9.59 Å². The summed E-state index contributed by atoms with van der Waals surface area (Å²) in [5.41, 5.74) is 9.06. The number of aromatic amines is 1. The molecule has 30 heavy (non-hydrogen) atoms. The van der Waals surface area contributed by atoms with Crippen molar-refractivity contribution in [3.63, 3.8) is 0 Å². The molecule has 0 bridgehead atoms. The molecule has 7 heteroatoms. The fourth-order valence-electron chi connectivity index (χ4n) is 3.71. The van der Waals surface area contributed by atoms with Crippen molar-refractivity contribution >= 4 is 45.1 Å². The molecule has 1 aliphatic carbocycles. The van der Waals surface area contributed by atoms with Gasteiger partial charge in [0.1, 0.15) is 5.75 Å². The van der Waals surface area contributed by atoms with Crippen molar-refractivity contribution in [3.8, 4) is 5.75 Å². The summed E-state index contributed by atoms with van der Waals surface area (Å²) in [5.74, 6) is 0.0110. The normalized spacial score (nSPS) is 13.6. The number of pyridine rings is 1. The molecule has 0 saturated heterocycles. The number of primary amides is 1. The number of nitrogens with zero attached hydrogens (tertiary/aromatic N) is 1. The van der Waals surface area contributed by atoms with Gasteiger partial charge in [0.05, 0.1) is 16.1 Å². The van der Waals surface area contributed by atoms with Crippen molar-refractivity contribution in [2.45, 2.75) is 18.8 Å². The molecule has 6 nitrogen and oxygen atoms in total. The van der Waals surface area contributed by atoms with Crippen LogP contribution in [0.2, 0.25) is 5.02 Å². The number of nitrogens with one attached hydrogen (secondary N) is 1. The van der Waals surface area contributed by atoms with Gasteiger partial charge in [-0.1, -0.05) is 23.7 Å². The Bertz CT molecular complexity index is 1320. The molecule has 0 aliphatic heterocycles. The van der Waals surface area contributed by atoms with Crippen LogP contribution in [0.1, 0.15) is 45.0 Å². The van der Waals surface area contributed by atoms with Crippen LogP contribution in [0.15, 0.2) is 48.8 Å². The average molecular weight is 420 g/mol. The van der Waals surface area contributed by atoms with E-state index in [0.29, 0.717) is 27.4 Å². The largest absolute Gasteiger partial charge is 0.485 e. The van der Waals surface area contributed by atoms with E-state index in [0.717, 1.165) is 10.9 Å². The standard InChI is InChI=1S/C23H18ClN3O3/c24-15-5-14-6-17(23(25)29)22(8-19(14)26-9-15)30-11-21(28)18-10-27-20-7-13(12-1-2-12)3-4-16(18)20/h3-10,12,27H,1-2,11H2,(H2,25,29). The molecule has 0 radical (unpaired) electrons. The summed E-state index contributed by atoms with van der Waals surface area (Å²) in [6.45, 7) is -0.225. The molecule has 5 rings (SSSR count). The molecular weight excluding hydrogens is 402 g/mol. The van der Waals surface area contributed by atoms with Gasteiger partial charge >= 0.3 is 0 Å². The van der Waals surface area contributed by atoms with Crippen molar-refractivity contribution in [1.29, 1.82) is 0 Å². The SMILES string of the molecule is NC(=O)c1cc2cc(Cl)cnc2cc1OCC(=O)c1c[nH]c2cc(C3CC3)ccc12.